The lowest BCUT2D eigenvalue weighted by atomic mass is 9.96. The molecule has 1 saturated carbocycles. The molecule has 1 amide bonds. The van der Waals surface area contributed by atoms with Crippen LogP contribution >= 0.6 is 0 Å². The van der Waals surface area contributed by atoms with Crippen molar-refractivity contribution in [3.05, 3.63) is 0 Å². The van der Waals surface area contributed by atoms with Gasteiger partial charge < -0.3 is 16.0 Å². The van der Waals surface area contributed by atoms with Crippen LogP contribution in [0.5, 0.6) is 0 Å². The fraction of sp³-hybridized carbons (Fsp3) is 0.867. The molecule has 0 aromatic heterocycles. The SMILES string of the molecule is CN=C(NCCC(=O)NC1CCS(=O)(=O)C1)NC1CCCCC1. The van der Waals surface area contributed by atoms with E-state index in [1.807, 2.05) is 0 Å². The van der Waals surface area contributed by atoms with E-state index in [-0.39, 0.29) is 23.5 Å². The second-order valence-electron chi connectivity index (χ2n) is 6.40. The summed E-state index contributed by atoms with van der Waals surface area (Å²) in [6.45, 7) is 0.484. The van der Waals surface area contributed by atoms with Crippen molar-refractivity contribution in [2.45, 2.75) is 57.0 Å². The third kappa shape index (κ3) is 6.37. The van der Waals surface area contributed by atoms with Crippen LogP contribution in [-0.4, -0.2) is 57.5 Å². The van der Waals surface area contributed by atoms with Crippen molar-refractivity contribution in [1.29, 1.82) is 0 Å². The maximum absolute atomic E-state index is 11.9. The Morgan fingerprint density at radius 3 is 2.43 bits per heavy atom. The smallest absolute Gasteiger partial charge is 0.222 e. The van der Waals surface area contributed by atoms with Crippen molar-refractivity contribution < 1.29 is 13.2 Å². The van der Waals surface area contributed by atoms with Crippen molar-refractivity contribution in [2.24, 2.45) is 4.99 Å². The molecule has 2 aliphatic rings. The summed E-state index contributed by atoms with van der Waals surface area (Å²) in [5, 5.41) is 9.33. The van der Waals surface area contributed by atoms with Crippen LogP contribution in [-0.2, 0) is 14.6 Å². The van der Waals surface area contributed by atoms with E-state index >= 15 is 0 Å². The van der Waals surface area contributed by atoms with Crippen LogP contribution in [0.2, 0.25) is 0 Å². The Balaban J connectivity index is 1.63. The molecule has 3 N–H and O–H groups in total. The molecule has 0 bridgehead atoms. The Bertz CT molecular complexity index is 527. The van der Waals surface area contributed by atoms with Gasteiger partial charge >= 0.3 is 0 Å². The summed E-state index contributed by atoms with van der Waals surface area (Å²) in [6, 6.07) is 0.236. The molecule has 1 aliphatic carbocycles. The monoisotopic (exact) mass is 344 g/mol. The molecule has 0 aromatic carbocycles. The number of aliphatic imine (C=N–C) groups is 1. The summed E-state index contributed by atoms with van der Waals surface area (Å²) in [6.07, 6.45) is 6.97. The highest BCUT2D eigenvalue weighted by Crippen LogP contribution is 2.17. The Morgan fingerprint density at radius 2 is 1.83 bits per heavy atom. The van der Waals surface area contributed by atoms with Crippen molar-refractivity contribution >= 4 is 21.7 Å². The van der Waals surface area contributed by atoms with Crippen molar-refractivity contribution in [3.63, 3.8) is 0 Å². The summed E-state index contributed by atoms with van der Waals surface area (Å²) < 4.78 is 22.7. The molecule has 1 heterocycles. The summed E-state index contributed by atoms with van der Waals surface area (Å²) >= 11 is 0. The predicted octanol–water partition coefficient (Wildman–Crippen LogP) is 0.178. The van der Waals surface area contributed by atoms with E-state index in [4.69, 9.17) is 0 Å². The van der Waals surface area contributed by atoms with E-state index in [1.165, 1.54) is 19.3 Å². The number of rotatable bonds is 5. The van der Waals surface area contributed by atoms with Gasteiger partial charge in [0.25, 0.3) is 0 Å². The minimum absolute atomic E-state index is 0.0665. The molecular weight excluding hydrogens is 316 g/mol. The summed E-state index contributed by atoms with van der Waals surface area (Å²) in [5.74, 6) is 0.853. The van der Waals surface area contributed by atoms with E-state index in [2.05, 4.69) is 20.9 Å². The molecule has 1 saturated heterocycles. The first-order valence-electron chi connectivity index (χ1n) is 8.45. The molecule has 8 heteroatoms. The van der Waals surface area contributed by atoms with Crippen LogP contribution in [0.3, 0.4) is 0 Å². The zero-order valence-electron chi connectivity index (χ0n) is 13.8. The van der Waals surface area contributed by atoms with Gasteiger partial charge in [-0.1, -0.05) is 19.3 Å². The minimum Gasteiger partial charge on any atom is -0.356 e. The maximum atomic E-state index is 11.9. The number of guanidine groups is 1. The van der Waals surface area contributed by atoms with Gasteiger partial charge in [-0.25, -0.2) is 8.42 Å². The first-order valence-corrected chi connectivity index (χ1v) is 10.3. The van der Waals surface area contributed by atoms with Crippen molar-refractivity contribution in [2.75, 3.05) is 25.1 Å². The van der Waals surface area contributed by atoms with Crippen LogP contribution in [0, 0.1) is 0 Å². The lowest BCUT2D eigenvalue weighted by molar-refractivity contribution is -0.121. The average molecular weight is 344 g/mol. The van der Waals surface area contributed by atoms with Crippen LogP contribution in [0.4, 0.5) is 0 Å². The second-order valence-corrected chi connectivity index (χ2v) is 8.62. The summed E-state index contributed by atoms with van der Waals surface area (Å²) in [5.41, 5.74) is 0. The first kappa shape index (κ1) is 18.0. The Morgan fingerprint density at radius 1 is 1.09 bits per heavy atom. The number of amides is 1. The molecule has 0 spiro atoms. The molecule has 0 radical (unpaired) electrons. The quantitative estimate of drug-likeness (QED) is 0.488. The van der Waals surface area contributed by atoms with Gasteiger partial charge in [0.15, 0.2) is 15.8 Å². The number of nitrogens with zero attached hydrogens (tertiary/aromatic N) is 1. The van der Waals surface area contributed by atoms with Gasteiger partial charge in [-0.2, -0.15) is 0 Å². The summed E-state index contributed by atoms with van der Waals surface area (Å²) in [7, 11) is -1.23. The summed E-state index contributed by atoms with van der Waals surface area (Å²) in [4.78, 5) is 16.0. The molecule has 1 unspecified atom stereocenters. The van der Waals surface area contributed by atoms with Gasteiger partial charge in [0, 0.05) is 32.1 Å². The number of sulfone groups is 1. The topological polar surface area (TPSA) is 99.7 Å². The third-order valence-corrected chi connectivity index (χ3v) is 6.18. The van der Waals surface area contributed by atoms with Crippen molar-refractivity contribution in [3.8, 4) is 0 Å². The number of hydrogen-bond donors (Lipinski definition) is 3. The molecule has 2 rings (SSSR count). The van der Waals surface area contributed by atoms with Gasteiger partial charge in [-0.05, 0) is 19.3 Å². The van der Waals surface area contributed by atoms with E-state index in [9.17, 15) is 13.2 Å². The highest BCUT2D eigenvalue weighted by molar-refractivity contribution is 7.91. The maximum Gasteiger partial charge on any atom is 0.222 e. The van der Waals surface area contributed by atoms with E-state index in [1.54, 1.807) is 7.05 Å². The largest absolute Gasteiger partial charge is 0.356 e. The van der Waals surface area contributed by atoms with Crippen LogP contribution in [0.1, 0.15) is 44.9 Å². The molecule has 1 atom stereocenters. The molecule has 7 nitrogen and oxygen atoms in total. The lowest BCUT2D eigenvalue weighted by Gasteiger charge is -2.24. The van der Waals surface area contributed by atoms with E-state index in [0.717, 1.165) is 18.8 Å². The molecule has 2 fully saturated rings. The highest BCUT2D eigenvalue weighted by atomic mass is 32.2. The lowest BCUT2D eigenvalue weighted by Crippen LogP contribution is -2.45. The fourth-order valence-corrected chi connectivity index (χ4v) is 4.81. The minimum atomic E-state index is -2.95. The van der Waals surface area contributed by atoms with Gasteiger partial charge in [0.05, 0.1) is 11.5 Å². The average Bonchev–Trinajstić information content (AvgIpc) is 2.86. The third-order valence-electron chi connectivity index (χ3n) is 4.41. The van der Waals surface area contributed by atoms with Crippen LogP contribution in [0.25, 0.3) is 0 Å². The second kappa shape index (κ2) is 8.52. The number of carbonyl (C=O) groups excluding carboxylic acids is 1. The fourth-order valence-electron chi connectivity index (χ4n) is 3.14. The Hall–Kier alpha value is -1.31. The van der Waals surface area contributed by atoms with Gasteiger partial charge in [0.1, 0.15) is 0 Å². The van der Waals surface area contributed by atoms with Gasteiger partial charge in [-0.15, -0.1) is 0 Å². The van der Waals surface area contributed by atoms with Crippen molar-refractivity contribution in [1.82, 2.24) is 16.0 Å². The standard InChI is InChI=1S/C15H28N4O3S/c1-16-15(19-12-5-3-2-4-6-12)17-9-7-14(20)18-13-8-10-23(21,22)11-13/h12-13H,2-11H2,1H3,(H,18,20)(H2,16,17,19). The number of nitrogens with one attached hydrogen (secondary N) is 3. The molecular formula is C15H28N4O3S. The normalized spacial score (nSPS) is 25.1. The van der Waals surface area contributed by atoms with E-state index < -0.39 is 9.84 Å². The predicted molar refractivity (Wildman–Crippen MR) is 91.2 cm³/mol. The van der Waals surface area contributed by atoms with Gasteiger partial charge in [0.2, 0.25) is 5.91 Å². The van der Waals surface area contributed by atoms with E-state index in [0.29, 0.717) is 25.4 Å². The molecule has 0 aromatic rings. The van der Waals surface area contributed by atoms with Gasteiger partial charge in [-0.3, -0.25) is 9.79 Å². The van der Waals surface area contributed by atoms with Crippen LogP contribution in [0.15, 0.2) is 4.99 Å². The Labute approximate surface area is 138 Å². The Kier molecular flexibility index (Phi) is 6.68. The number of carbonyl (C=O) groups is 1. The number of hydrogen-bond acceptors (Lipinski definition) is 4. The molecule has 23 heavy (non-hydrogen) atoms. The molecule has 132 valence electrons. The highest BCUT2D eigenvalue weighted by Gasteiger charge is 2.28. The zero-order chi connectivity index (χ0) is 16.7. The molecule has 1 aliphatic heterocycles. The van der Waals surface area contributed by atoms with Crippen LogP contribution < -0.4 is 16.0 Å². The first-order chi connectivity index (χ1) is 11.0. The zero-order valence-corrected chi connectivity index (χ0v) is 14.6.